The molecule has 0 bridgehead atoms. The Kier molecular flexibility index (Phi) is 4.75. The number of nitrogens with one attached hydrogen (secondary N) is 1. The molecule has 0 spiro atoms. The summed E-state index contributed by atoms with van der Waals surface area (Å²) >= 11 is 1.61. The fraction of sp³-hybridized carbons (Fsp3) is 0.400. The topological polar surface area (TPSA) is 54.4 Å². The first-order valence-corrected chi connectivity index (χ1v) is 7.38. The van der Waals surface area contributed by atoms with Gasteiger partial charge in [0.15, 0.2) is 0 Å². The van der Waals surface area contributed by atoms with Crippen LogP contribution in [-0.4, -0.2) is 23.7 Å². The molecule has 108 valence electrons. The third-order valence-corrected chi connectivity index (χ3v) is 4.28. The molecule has 0 aliphatic carbocycles. The predicted octanol–water partition coefficient (Wildman–Crippen LogP) is 2.71. The minimum Gasteiger partial charge on any atom is -0.497 e. The molecule has 0 aliphatic heterocycles. The van der Waals surface area contributed by atoms with Gasteiger partial charge in [0, 0.05) is 18.1 Å². The lowest BCUT2D eigenvalue weighted by Gasteiger charge is -2.25. The zero-order chi connectivity index (χ0) is 14.6. The summed E-state index contributed by atoms with van der Waals surface area (Å²) < 4.78 is 5.17. The van der Waals surface area contributed by atoms with Crippen LogP contribution in [0, 0.1) is 0 Å². The van der Waals surface area contributed by atoms with Gasteiger partial charge in [-0.2, -0.15) is 0 Å². The normalized spacial score (nSPS) is 13.2. The summed E-state index contributed by atoms with van der Waals surface area (Å²) in [5, 5.41) is 16.6. The van der Waals surface area contributed by atoms with Crippen LogP contribution in [0.4, 0.5) is 0 Å². The second kappa shape index (κ2) is 6.35. The Morgan fingerprint density at radius 3 is 2.90 bits per heavy atom. The van der Waals surface area contributed by atoms with E-state index in [9.17, 15) is 5.11 Å². The molecule has 5 heteroatoms. The maximum Gasteiger partial charge on any atom is 0.119 e. The van der Waals surface area contributed by atoms with Gasteiger partial charge >= 0.3 is 0 Å². The van der Waals surface area contributed by atoms with Crippen molar-refractivity contribution in [3.63, 3.8) is 0 Å². The number of thiazole rings is 1. The molecule has 1 atom stereocenters. The highest BCUT2D eigenvalue weighted by Crippen LogP contribution is 2.24. The Labute approximate surface area is 123 Å². The van der Waals surface area contributed by atoms with Crippen LogP contribution in [0.15, 0.2) is 35.8 Å². The van der Waals surface area contributed by atoms with Gasteiger partial charge in [-0.25, -0.2) is 4.98 Å². The smallest absolute Gasteiger partial charge is 0.119 e. The second-order valence-electron chi connectivity index (χ2n) is 5.14. The van der Waals surface area contributed by atoms with E-state index in [1.807, 2.05) is 29.6 Å². The summed E-state index contributed by atoms with van der Waals surface area (Å²) in [6, 6.07) is 7.49. The Morgan fingerprint density at radius 1 is 1.45 bits per heavy atom. The minimum absolute atomic E-state index is 0.256. The minimum atomic E-state index is -0.579. The van der Waals surface area contributed by atoms with Gasteiger partial charge in [-0.1, -0.05) is 12.1 Å². The fourth-order valence-corrected chi connectivity index (χ4v) is 2.67. The molecule has 4 nitrogen and oxygen atoms in total. The van der Waals surface area contributed by atoms with Crippen LogP contribution in [0.3, 0.4) is 0 Å². The number of hydrogen-bond donors (Lipinski definition) is 2. The monoisotopic (exact) mass is 292 g/mol. The molecule has 1 aromatic heterocycles. The highest BCUT2D eigenvalue weighted by Gasteiger charge is 2.23. The molecule has 0 aliphatic rings. The number of rotatable bonds is 6. The van der Waals surface area contributed by atoms with Gasteiger partial charge in [0.05, 0.1) is 18.8 Å². The van der Waals surface area contributed by atoms with Crippen LogP contribution in [0.5, 0.6) is 5.75 Å². The van der Waals surface area contributed by atoms with Crippen molar-refractivity contribution in [2.24, 2.45) is 0 Å². The van der Waals surface area contributed by atoms with E-state index < -0.39 is 6.10 Å². The average molecular weight is 292 g/mol. The number of hydrogen-bond acceptors (Lipinski definition) is 5. The summed E-state index contributed by atoms with van der Waals surface area (Å²) in [5.41, 5.74) is 0.584. The van der Waals surface area contributed by atoms with E-state index >= 15 is 0 Å². The molecule has 0 radical (unpaired) electrons. The van der Waals surface area contributed by atoms with Crippen molar-refractivity contribution in [1.82, 2.24) is 10.3 Å². The van der Waals surface area contributed by atoms with Gasteiger partial charge in [-0.05, 0) is 31.5 Å². The highest BCUT2D eigenvalue weighted by atomic mass is 32.1. The number of benzene rings is 1. The SMILES string of the molecule is COc1cccc(C(O)CNC(C)(C)c2nccs2)c1. The summed E-state index contributed by atoms with van der Waals surface area (Å²) in [4.78, 5) is 4.32. The van der Waals surface area contributed by atoms with E-state index in [0.717, 1.165) is 16.3 Å². The molecule has 0 saturated carbocycles. The van der Waals surface area contributed by atoms with Crippen LogP contribution >= 0.6 is 11.3 Å². The number of methoxy groups -OCH3 is 1. The lowest BCUT2D eigenvalue weighted by molar-refractivity contribution is 0.160. The largest absolute Gasteiger partial charge is 0.497 e. The molecule has 1 unspecified atom stereocenters. The molecule has 1 heterocycles. The van der Waals surface area contributed by atoms with Crippen molar-refractivity contribution in [3.8, 4) is 5.75 Å². The molecule has 0 fully saturated rings. The van der Waals surface area contributed by atoms with Crippen LogP contribution < -0.4 is 10.1 Å². The zero-order valence-electron chi connectivity index (χ0n) is 12.0. The van der Waals surface area contributed by atoms with E-state index in [1.165, 1.54) is 0 Å². The summed E-state index contributed by atoms with van der Waals surface area (Å²) in [6.45, 7) is 4.58. The van der Waals surface area contributed by atoms with E-state index in [4.69, 9.17) is 4.74 Å². The van der Waals surface area contributed by atoms with Gasteiger partial charge in [-0.15, -0.1) is 11.3 Å². The van der Waals surface area contributed by atoms with Crippen molar-refractivity contribution in [1.29, 1.82) is 0 Å². The standard InChI is InChI=1S/C15H20N2O2S/c1-15(2,14-16-7-8-20-14)17-10-13(18)11-5-4-6-12(9-11)19-3/h4-9,13,17-18H,10H2,1-3H3. The van der Waals surface area contributed by atoms with Gasteiger partial charge in [0.25, 0.3) is 0 Å². The Balaban J connectivity index is 1.99. The molecule has 20 heavy (non-hydrogen) atoms. The third kappa shape index (κ3) is 3.56. The first-order chi connectivity index (χ1) is 9.53. The van der Waals surface area contributed by atoms with Gasteiger partial charge in [0.1, 0.15) is 10.8 Å². The summed E-state index contributed by atoms with van der Waals surface area (Å²) in [7, 11) is 1.62. The maximum atomic E-state index is 10.3. The number of aromatic nitrogens is 1. The van der Waals surface area contributed by atoms with E-state index in [0.29, 0.717) is 6.54 Å². The number of ether oxygens (including phenoxy) is 1. The lowest BCUT2D eigenvalue weighted by Crippen LogP contribution is -2.39. The van der Waals surface area contributed by atoms with Gasteiger partial charge in [-0.3, -0.25) is 0 Å². The maximum absolute atomic E-state index is 10.3. The molecule has 0 amide bonds. The van der Waals surface area contributed by atoms with E-state index in [-0.39, 0.29) is 5.54 Å². The molecule has 0 saturated heterocycles. The van der Waals surface area contributed by atoms with Crippen molar-refractivity contribution < 1.29 is 9.84 Å². The molecule has 2 rings (SSSR count). The highest BCUT2D eigenvalue weighted by molar-refractivity contribution is 7.09. The molecule has 2 aromatic rings. The van der Waals surface area contributed by atoms with E-state index in [1.54, 1.807) is 24.6 Å². The van der Waals surface area contributed by atoms with Crippen LogP contribution in [0.2, 0.25) is 0 Å². The van der Waals surface area contributed by atoms with Crippen LogP contribution in [-0.2, 0) is 5.54 Å². The quantitative estimate of drug-likeness (QED) is 0.859. The van der Waals surface area contributed by atoms with Crippen molar-refractivity contribution >= 4 is 11.3 Å². The van der Waals surface area contributed by atoms with Crippen molar-refractivity contribution in [3.05, 3.63) is 46.4 Å². The Morgan fingerprint density at radius 2 is 2.25 bits per heavy atom. The first-order valence-electron chi connectivity index (χ1n) is 6.50. The number of aliphatic hydroxyl groups is 1. The zero-order valence-corrected chi connectivity index (χ0v) is 12.8. The Hall–Kier alpha value is -1.43. The van der Waals surface area contributed by atoms with Crippen molar-refractivity contribution in [2.45, 2.75) is 25.5 Å². The molecular formula is C15H20N2O2S. The van der Waals surface area contributed by atoms with Crippen LogP contribution in [0.25, 0.3) is 0 Å². The summed E-state index contributed by atoms with van der Waals surface area (Å²) in [6.07, 6.45) is 1.21. The number of nitrogens with zero attached hydrogens (tertiary/aromatic N) is 1. The average Bonchev–Trinajstić information content (AvgIpc) is 3.00. The van der Waals surface area contributed by atoms with Crippen molar-refractivity contribution in [2.75, 3.05) is 13.7 Å². The first kappa shape index (κ1) is 15.0. The van der Waals surface area contributed by atoms with Crippen LogP contribution in [0.1, 0.15) is 30.5 Å². The molecule has 1 aromatic carbocycles. The predicted molar refractivity (Wildman–Crippen MR) is 81.1 cm³/mol. The van der Waals surface area contributed by atoms with E-state index in [2.05, 4.69) is 24.1 Å². The van der Waals surface area contributed by atoms with Gasteiger partial charge < -0.3 is 15.2 Å². The third-order valence-electron chi connectivity index (χ3n) is 3.18. The lowest BCUT2D eigenvalue weighted by atomic mass is 10.0. The second-order valence-corrected chi connectivity index (χ2v) is 6.03. The van der Waals surface area contributed by atoms with Gasteiger partial charge in [0.2, 0.25) is 0 Å². The number of aliphatic hydroxyl groups excluding tert-OH is 1. The Bertz CT molecular complexity index is 541. The molecule has 2 N–H and O–H groups in total. The molecular weight excluding hydrogens is 272 g/mol. The fourth-order valence-electron chi connectivity index (χ4n) is 1.93. The summed E-state index contributed by atoms with van der Waals surface area (Å²) in [5.74, 6) is 0.751.